The number of hydrogen-bond acceptors (Lipinski definition) is 3. The summed E-state index contributed by atoms with van der Waals surface area (Å²) < 4.78 is 48.2. The number of sulfonamides is 1. The second-order valence-electron chi connectivity index (χ2n) is 2.77. The third kappa shape index (κ3) is 2.13. The van der Waals surface area contributed by atoms with E-state index in [-0.39, 0.29) is 0 Å². The molecule has 0 fully saturated rings. The molecule has 0 saturated heterocycles. The highest BCUT2D eigenvalue weighted by molar-refractivity contribution is 7.89. The third-order valence-corrected chi connectivity index (χ3v) is 2.93. The number of amides is 1. The number of nitrogens with two attached hydrogens (primary N) is 2. The minimum atomic E-state index is -4.46. The van der Waals surface area contributed by atoms with Crippen LogP contribution in [-0.2, 0) is 10.0 Å². The molecule has 9 heteroatoms. The summed E-state index contributed by atoms with van der Waals surface area (Å²) >= 11 is 5.16. The molecule has 0 aliphatic rings. The van der Waals surface area contributed by atoms with E-state index in [1.165, 1.54) is 0 Å². The van der Waals surface area contributed by atoms with E-state index in [0.717, 1.165) is 0 Å². The first-order valence-corrected chi connectivity index (χ1v) is 5.58. The molecule has 0 aromatic heterocycles. The number of halogens is 3. The molecule has 0 unspecified atom stereocenters. The van der Waals surface area contributed by atoms with Crippen molar-refractivity contribution in [3.05, 3.63) is 28.3 Å². The Morgan fingerprint density at radius 2 is 1.81 bits per heavy atom. The molecule has 0 bridgehead atoms. The molecule has 1 aromatic rings. The van der Waals surface area contributed by atoms with Crippen LogP contribution in [0.2, 0.25) is 5.02 Å². The van der Waals surface area contributed by atoms with Crippen molar-refractivity contribution >= 4 is 27.5 Å². The van der Waals surface area contributed by atoms with Gasteiger partial charge in [-0.3, -0.25) is 4.79 Å². The molecular formula is C7H5ClF2N2O3S. The zero-order chi connectivity index (χ0) is 12.7. The van der Waals surface area contributed by atoms with Gasteiger partial charge >= 0.3 is 0 Å². The Morgan fingerprint density at radius 1 is 1.31 bits per heavy atom. The van der Waals surface area contributed by atoms with Crippen LogP contribution in [0.4, 0.5) is 8.78 Å². The van der Waals surface area contributed by atoms with Gasteiger partial charge in [0.25, 0.3) is 5.91 Å². The molecule has 5 nitrogen and oxygen atoms in total. The molecule has 0 saturated carbocycles. The lowest BCUT2D eigenvalue weighted by Gasteiger charge is -2.06. The van der Waals surface area contributed by atoms with E-state index in [9.17, 15) is 22.0 Å². The normalized spacial score (nSPS) is 11.5. The van der Waals surface area contributed by atoms with Crippen molar-refractivity contribution in [1.29, 1.82) is 0 Å². The minimum absolute atomic E-state index is 0.397. The minimum Gasteiger partial charge on any atom is -0.366 e. The highest BCUT2D eigenvalue weighted by Gasteiger charge is 2.25. The van der Waals surface area contributed by atoms with Crippen molar-refractivity contribution in [1.82, 2.24) is 0 Å². The Hall–Kier alpha value is -1.25. The average Bonchev–Trinajstić information content (AvgIpc) is 2.11. The number of rotatable bonds is 2. The van der Waals surface area contributed by atoms with Gasteiger partial charge in [0.1, 0.15) is 9.92 Å². The van der Waals surface area contributed by atoms with Crippen LogP contribution in [0.15, 0.2) is 11.0 Å². The quantitative estimate of drug-likeness (QED) is 0.759. The van der Waals surface area contributed by atoms with Gasteiger partial charge in [0.05, 0.1) is 5.56 Å². The fraction of sp³-hybridized carbons (Fsp3) is 0. The summed E-state index contributed by atoms with van der Waals surface area (Å²) in [6.45, 7) is 0. The third-order valence-electron chi connectivity index (χ3n) is 1.69. The molecule has 0 aliphatic heterocycles. The number of carbonyl (C=O) groups excluding carboxylic acids is 1. The van der Waals surface area contributed by atoms with Crippen LogP contribution in [0, 0.1) is 11.6 Å². The van der Waals surface area contributed by atoms with Crippen LogP contribution in [0.3, 0.4) is 0 Å². The molecule has 4 N–H and O–H groups in total. The zero-order valence-corrected chi connectivity index (χ0v) is 9.07. The summed E-state index contributed by atoms with van der Waals surface area (Å²) in [5, 5.41) is 3.49. The Balaban J connectivity index is 3.74. The lowest BCUT2D eigenvalue weighted by molar-refractivity contribution is 0.0996. The van der Waals surface area contributed by atoms with Gasteiger partial charge in [0.2, 0.25) is 10.0 Å². The summed E-state index contributed by atoms with van der Waals surface area (Å²) in [7, 11) is -4.46. The highest BCUT2D eigenvalue weighted by Crippen LogP contribution is 2.27. The topological polar surface area (TPSA) is 103 Å². The first-order valence-electron chi connectivity index (χ1n) is 3.66. The van der Waals surface area contributed by atoms with E-state index in [0.29, 0.717) is 6.07 Å². The predicted molar refractivity (Wildman–Crippen MR) is 51.3 cm³/mol. The van der Waals surface area contributed by atoms with E-state index < -0.39 is 43.0 Å². The Kier molecular flexibility index (Phi) is 3.17. The summed E-state index contributed by atoms with van der Waals surface area (Å²) in [4.78, 5) is 9.64. The molecule has 0 heterocycles. The SMILES string of the molecule is NC(=O)c1cc(S(N)(=O)=O)c(F)c(Cl)c1F. The summed E-state index contributed by atoms with van der Waals surface area (Å²) in [5.74, 6) is -4.28. The Morgan fingerprint density at radius 3 is 2.19 bits per heavy atom. The summed E-state index contributed by atoms with van der Waals surface area (Å²) in [6.07, 6.45) is 0. The molecule has 88 valence electrons. The van der Waals surface area contributed by atoms with Gasteiger partial charge in [-0.1, -0.05) is 11.6 Å². The van der Waals surface area contributed by atoms with Crippen LogP contribution in [0.25, 0.3) is 0 Å². The maximum atomic E-state index is 13.2. The van der Waals surface area contributed by atoms with Crippen molar-refractivity contribution in [3.63, 3.8) is 0 Å². The van der Waals surface area contributed by atoms with Gasteiger partial charge in [-0.25, -0.2) is 22.3 Å². The van der Waals surface area contributed by atoms with E-state index in [4.69, 9.17) is 17.3 Å². The van der Waals surface area contributed by atoms with Gasteiger partial charge in [-0.2, -0.15) is 0 Å². The van der Waals surface area contributed by atoms with Gasteiger partial charge in [-0.15, -0.1) is 0 Å². The smallest absolute Gasteiger partial charge is 0.251 e. The summed E-state index contributed by atoms with van der Waals surface area (Å²) in [6, 6.07) is 0.397. The maximum Gasteiger partial charge on any atom is 0.251 e. The molecule has 0 radical (unpaired) electrons. The Bertz CT molecular complexity index is 573. The fourth-order valence-electron chi connectivity index (χ4n) is 0.967. The number of hydrogen-bond donors (Lipinski definition) is 2. The predicted octanol–water partition coefficient (Wildman–Crippen LogP) is 0.365. The van der Waals surface area contributed by atoms with Crippen LogP contribution in [0.5, 0.6) is 0 Å². The van der Waals surface area contributed by atoms with E-state index in [1.807, 2.05) is 0 Å². The average molecular weight is 271 g/mol. The van der Waals surface area contributed by atoms with Crippen molar-refractivity contribution in [3.8, 4) is 0 Å². The largest absolute Gasteiger partial charge is 0.366 e. The summed E-state index contributed by atoms with van der Waals surface area (Å²) in [5.41, 5.74) is 3.90. The number of primary amides is 1. The lowest BCUT2D eigenvalue weighted by atomic mass is 10.2. The Labute approximate surface area is 94.0 Å². The maximum absolute atomic E-state index is 13.2. The van der Waals surface area contributed by atoms with Crippen molar-refractivity contribution in [2.45, 2.75) is 4.90 Å². The molecule has 1 rings (SSSR count). The molecular weight excluding hydrogens is 266 g/mol. The molecule has 0 atom stereocenters. The number of primary sulfonamides is 1. The van der Waals surface area contributed by atoms with Crippen LogP contribution in [0.1, 0.15) is 10.4 Å². The van der Waals surface area contributed by atoms with E-state index >= 15 is 0 Å². The fourth-order valence-corrected chi connectivity index (χ4v) is 1.86. The van der Waals surface area contributed by atoms with Crippen molar-refractivity contribution in [2.24, 2.45) is 10.9 Å². The number of benzene rings is 1. The molecule has 1 aromatic carbocycles. The van der Waals surface area contributed by atoms with Crippen LogP contribution < -0.4 is 10.9 Å². The second-order valence-corrected chi connectivity index (χ2v) is 4.68. The second kappa shape index (κ2) is 3.96. The van der Waals surface area contributed by atoms with Crippen LogP contribution >= 0.6 is 11.6 Å². The van der Waals surface area contributed by atoms with Crippen LogP contribution in [-0.4, -0.2) is 14.3 Å². The zero-order valence-electron chi connectivity index (χ0n) is 7.50. The van der Waals surface area contributed by atoms with Gasteiger partial charge < -0.3 is 5.73 Å². The molecule has 1 amide bonds. The lowest BCUT2D eigenvalue weighted by Crippen LogP contribution is -2.19. The monoisotopic (exact) mass is 270 g/mol. The van der Waals surface area contributed by atoms with Gasteiger partial charge in [0.15, 0.2) is 11.6 Å². The molecule has 16 heavy (non-hydrogen) atoms. The van der Waals surface area contributed by atoms with Crippen molar-refractivity contribution < 1.29 is 22.0 Å². The highest BCUT2D eigenvalue weighted by atomic mass is 35.5. The molecule has 0 spiro atoms. The first-order chi connectivity index (χ1) is 7.16. The van der Waals surface area contributed by atoms with E-state index in [2.05, 4.69) is 5.14 Å². The first kappa shape index (κ1) is 12.8. The van der Waals surface area contributed by atoms with Gasteiger partial charge in [-0.05, 0) is 6.07 Å². The van der Waals surface area contributed by atoms with Crippen molar-refractivity contribution in [2.75, 3.05) is 0 Å². The number of carbonyl (C=O) groups is 1. The van der Waals surface area contributed by atoms with E-state index in [1.54, 1.807) is 0 Å². The standard InChI is InChI=1S/C7H5ClF2N2O3S/c8-4-5(9)2(7(11)13)1-3(6(4)10)16(12,14)15/h1H,(H2,11,13)(H2,12,14,15). The molecule has 0 aliphatic carbocycles. The van der Waals surface area contributed by atoms with Gasteiger partial charge in [0, 0.05) is 0 Å².